The Bertz CT molecular complexity index is 865. The summed E-state index contributed by atoms with van der Waals surface area (Å²) >= 11 is 1.01. The van der Waals surface area contributed by atoms with Crippen LogP contribution in [-0.2, 0) is 19.1 Å². The summed E-state index contributed by atoms with van der Waals surface area (Å²) in [5.74, 6) is 0.984. The van der Waals surface area contributed by atoms with Crippen LogP contribution in [-0.4, -0.2) is 22.6 Å². The second kappa shape index (κ2) is 6.62. The maximum Gasteiger partial charge on any atom is 0.433 e. The molecule has 0 fully saturated rings. The number of aromatic nitrogens is 2. The van der Waals surface area contributed by atoms with Gasteiger partial charge < -0.3 is 9.47 Å². The van der Waals surface area contributed by atoms with E-state index in [-0.39, 0.29) is 30.5 Å². The van der Waals surface area contributed by atoms with Gasteiger partial charge in [-0.2, -0.15) is 13.2 Å². The van der Waals surface area contributed by atoms with Crippen molar-refractivity contribution in [3.8, 4) is 11.5 Å². The van der Waals surface area contributed by atoms with Gasteiger partial charge in [-0.15, -0.1) is 0 Å². The Kier molecular flexibility index (Phi) is 4.68. The van der Waals surface area contributed by atoms with Crippen LogP contribution >= 0.6 is 11.8 Å². The molecule has 0 amide bonds. The van der Waals surface area contributed by atoms with Crippen LogP contribution in [0.25, 0.3) is 0 Å². The quantitative estimate of drug-likeness (QED) is 0.609. The smallest absolute Gasteiger partial charge is 0.433 e. The summed E-state index contributed by atoms with van der Waals surface area (Å²) in [6.45, 7) is 2.01. The maximum absolute atomic E-state index is 13.4. The molecule has 3 rings (SSSR count). The fraction of sp³-hybridized carbons (Fsp3) is 0.375. The van der Waals surface area contributed by atoms with Crippen LogP contribution in [0.4, 0.5) is 13.2 Å². The summed E-state index contributed by atoms with van der Waals surface area (Å²) in [5, 5.41) is 0.0502. The third kappa shape index (κ3) is 3.33. The topological polar surface area (TPSA) is 53.4 Å². The first kappa shape index (κ1) is 17.7. The van der Waals surface area contributed by atoms with Gasteiger partial charge in [0.2, 0.25) is 6.79 Å². The van der Waals surface area contributed by atoms with Gasteiger partial charge >= 0.3 is 6.18 Å². The Morgan fingerprint density at radius 2 is 2.00 bits per heavy atom. The van der Waals surface area contributed by atoms with Gasteiger partial charge in [-0.25, -0.2) is 4.98 Å². The van der Waals surface area contributed by atoms with E-state index in [2.05, 4.69) is 4.98 Å². The number of rotatable bonds is 4. The molecule has 0 aliphatic carbocycles. The van der Waals surface area contributed by atoms with E-state index in [0.717, 1.165) is 11.8 Å². The van der Waals surface area contributed by atoms with E-state index in [1.165, 1.54) is 4.57 Å². The SMILES string of the molecule is CCn1c(SC)nc(C(F)(F)F)c(Cc2ccc3c(c2)OCO3)c1=O. The summed E-state index contributed by atoms with van der Waals surface area (Å²) in [7, 11) is 0. The van der Waals surface area contributed by atoms with Crippen LogP contribution in [0.1, 0.15) is 23.7 Å². The van der Waals surface area contributed by atoms with Gasteiger partial charge in [0.15, 0.2) is 22.3 Å². The molecule has 2 aromatic rings. The summed E-state index contributed by atoms with van der Waals surface area (Å²) in [6.07, 6.45) is -3.31. The predicted molar refractivity (Wildman–Crippen MR) is 86.3 cm³/mol. The Balaban J connectivity index is 2.12. The lowest BCUT2D eigenvalue weighted by Gasteiger charge is -2.16. The van der Waals surface area contributed by atoms with Crippen molar-refractivity contribution in [1.82, 2.24) is 9.55 Å². The molecule has 1 aromatic heterocycles. The molecule has 0 spiro atoms. The second-order valence-corrected chi connectivity index (χ2v) is 6.11. The van der Waals surface area contributed by atoms with Crippen molar-refractivity contribution < 1.29 is 22.6 Å². The lowest BCUT2D eigenvalue weighted by atomic mass is 10.0. The highest BCUT2D eigenvalue weighted by Crippen LogP contribution is 2.35. The van der Waals surface area contributed by atoms with Gasteiger partial charge in [0.1, 0.15) is 0 Å². The van der Waals surface area contributed by atoms with E-state index in [0.29, 0.717) is 17.1 Å². The minimum absolute atomic E-state index is 0.0502. The van der Waals surface area contributed by atoms with Gasteiger partial charge in [-0.1, -0.05) is 17.8 Å². The maximum atomic E-state index is 13.4. The second-order valence-electron chi connectivity index (χ2n) is 5.34. The van der Waals surface area contributed by atoms with E-state index >= 15 is 0 Å². The van der Waals surface area contributed by atoms with Crippen molar-refractivity contribution in [3.05, 3.63) is 45.4 Å². The Hall–Kier alpha value is -2.16. The third-order valence-corrected chi connectivity index (χ3v) is 4.49. The molecule has 0 bridgehead atoms. The molecule has 0 saturated heterocycles. The standard InChI is InChI=1S/C16H15F3N2O3S/c1-3-21-14(22)10(13(16(17,18)19)20-15(21)25-2)6-9-4-5-11-12(7-9)24-8-23-11/h4-5,7H,3,6,8H2,1-2H3. The predicted octanol–water partition coefficient (Wildman–Crippen LogP) is 3.32. The summed E-state index contributed by atoms with van der Waals surface area (Å²) in [5.41, 5.74) is -1.66. The fourth-order valence-electron chi connectivity index (χ4n) is 2.66. The van der Waals surface area contributed by atoms with E-state index in [1.807, 2.05) is 0 Å². The van der Waals surface area contributed by atoms with Crippen molar-refractivity contribution in [2.24, 2.45) is 0 Å². The van der Waals surface area contributed by atoms with Gasteiger partial charge in [-0.3, -0.25) is 9.36 Å². The normalized spacial score (nSPS) is 13.3. The summed E-state index contributed by atoms with van der Waals surface area (Å²) in [4.78, 5) is 16.3. The first-order chi connectivity index (χ1) is 11.8. The van der Waals surface area contributed by atoms with Crippen molar-refractivity contribution in [3.63, 3.8) is 0 Å². The van der Waals surface area contributed by atoms with E-state index in [1.54, 1.807) is 31.4 Å². The molecule has 0 radical (unpaired) electrons. The molecule has 1 aromatic carbocycles. The Morgan fingerprint density at radius 1 is 1.28 bits per heavy atom. The van der Waals surface area contributed by atoms with Crippen molar-refractivity contribution >= 4 is 11.8 Å². The van der Waals surface area contributed by atoms with Crippen molar-refractivity contribution in [2.75, 3.05) is 13.0 Å². The average Bonchev–Trinajstić information content (AvgIpc) is 3.02. The van der Waals surface area contributed by atoms with Crippen LogP contribution < -0.4 is 15.0 Å². The monoisotopic (exact) mass is 372 g/mol. The molecule has 1 aliphatic rings. The number of benzene rings is 1. The third-order valence-electron chi connectivity index (χ3n) is 3.81. The highest BCUT2D eigenvalue weighted by molar-refractivity contribution is 7.98. The molecule has 9 heteroatoms. The number of halogens is 3. The lowest BCUT2D eigenvalue weighted by molar-refractivity contribution is -0.142. The zero-order valence-electron chi connectivity index (χ0n) is 13.5. The first-order valence-electron chi connectivity index (χ1n) is 7.48. The number of nitrogens with zero attached hydrogens (tertiary/aromatic N) is 2. The van der Waals surface area contributed by atoms with E-state index < -0.39 is 17.4 Å². The molecule has 134 valence electrons. The highest BCUT2D eigenvalue weighted by Gasteiger charge is 2.38. The number of ether oxygens (including phenoxy) is 2. The van der Waals surface area contributed by atoms with E-state index in [9.17, 15) is 18.0 Å². The lowest BCUT2D eigenvalue weighted by Crippen LogP contribution is -2.31. The minimum Gasteiger partial charge on any atom is -0.454 e. The van der Waals surface area contributed by atoms with Crippen LogP contribution in [0.15, 0.2) is 28.2 Å². The average molecular weight is 372 g/mol. The molecule has 0 atom stereocenters. The molecular formula is C16H15F3N2O3S. The Labute approximate surface area is 145 Å². The minimum atomic E-state index is -4.71. The van der Waals surface area contributed by atoms with Crippen LogP contribution in [0.2, 0.25) is 0 Å². The number of alkyl halides is 3. The molecule has 0 unspecified atom stereocenters. The molecule has 0 N–H and O–H groups in total. The zero-order chi connectivity index (χ0) is 18.2. The molecular weight excluding hydrogens is 357 g/mol. The molecule has 5 nitrogen and oxygen atoms in total. The number of hydrogen-bond acceptors (Lipinski definition) is 5. The van der Waals surface area contributed by atoms with Gasteiger partial charge in [0.05, 0.1) is 5.56 Å². The summed E-state index contributed by atoms with van der Waals surface area (Å²) in [6, 6.07) is 4.82. The number of fused-ring (bicyclic) bond motifs is 1. The molecule has 0 saturated carbocycles. The van der Waals surface area contributed by atoms with Crippen LogP contribution in [0.3, 0.4) is 0 Å². The molecule has 1 aliphatic heterocycles. The number of thioether (sulfide) groups is 1. The van der Waals surface area contributed by atoms with Gasteiger partial charge in [0.25, 0.3) is 5.56 Å². The first-order valence-corrected chi connectivity index (χ1v) is 8.71. The van der Waals surface area contributed by atoms with Gasteiger partial charge in [-0.05, 0) is 30.9 Å². The summed E-state index contributed by atoms with van der Waals surface area (Å²) < 4.78 is 52.0. The highest BCUT2D eigenvalue weighted by atomic mass is 32.2. The van der Waals surface area contributed by atoms with Gasteiger partial charge in [0, 0.05) is 13.0 Å². The largest absolute Gasteiger partial charge is 0.454 e. The van der Waals surface area contributed by atoms with Crippen LogP contribution in [0, 0.1) is 0 Å². The van der Waals surface area contributed by atoms with Crippen molar-refractivity contribution in [1.29, 1.82) is 0 Å². The number of hydrogen-bond donors (Lipinski definition) is 0. The van der Waals surface area contributed by atoms with Crippen molar-refractivity contribution in [2.45, 2.75) is 31.2 Å². The Morgan fingerprint density at radius 3 is 2.64 bits per heavy atom. The molecule has 25 heavy (non-hydrogen) atoms. The molecule has 2 heterocycles. The van der Waals surface area contributed by atoms with E-state index in [4.69, 9.17) is 9.47 Å². The van der Waals surface area contributed by atoms with Crippen LogP contribution in [0.5, 0.6) is 11.5 Å². The fourth-order valence-corrected chi connectivity index (χ4v) is 3.27. The zero-order valence-corrected chi connectivity index (χ0v) is 14.3.